The highest BCUT2D eigenvalue weighted by Crippen LogP contribution is 2.33. The Hall–Kier alpha value is -2.24. The van der Waals surface area contributed by atoms with Gasteiger partial charge < -0.3 is 10.2 Å². The molecule has 0 unspecified atom stereocenters. The molecule has 2 amide bonds. The summed E-state index contributed by atoms with van der Waals surface area (Å²) < 4.78 is 0. The Morgan fingerprint density at radius 3 is 2.34 bits per heavy atom. The molecule has 1 heterocycles. The van der Waals surface area contributed by atoms with E-state index < -0.39 is 6.03 Å². The summed E-state index contributed by atoms with van der Waals surface area (Å²) in [6, 6.07) is 17.3. The molecule has 0 atom stereocenters. The van der Waals surface area contributed by atoms with Crippen molar-refractivity contribution in [3.8, 4) is 0 Å². The van der Waals surface area contributed by atoms with E-state index in [0.717, 1.165) is 16.8 Å². The average molecular weight is 465 g/mol. The summed E-state index contributed by atoms with van der Waals surface area (Å²) >= 11 is 24.3. The lowest BCUT2D eigenvalue weighted by Crippen LogP contribution is -2.26. The van der Waals surface area contributed by atoms with Gasteiger partial charge >= 0.3 is 6.03 Å². The SMILES string of the molecule is O=C(N=C1c2ccccc2CN1c1cc(Cl)cc(Cl)c1)Nc1ccc(Cl)c(Cl)c1. The standard InChI is InChI=1S/C21H13Cl4N3O/c22-13-7-14(23)9-16(8-13)28-11-12-3-1-2-4-17(12)20(28)27-21(29)26-15-5-6-18(24)19(25)10-15/h1-10H,11H2,(H,26,29). The highest BCUT2D eigenvalue weighted by atomic mass is 35.5. The minimum atomic E-state index is -0.534. The average Bonchev–Trinajstić information content (AvgIpc) is 3.02. The summed E-state index contributed by atoms with van der Waals surface area (Å²) in [5.41, 5.74) is 3.16. The normalized spacial score (nSPS) is 14.2. The molecule has 0 aliphatic carbocycles. The minimum Gasteiger partial charge on any atom is -0.321 e. The number of hydrogen-bond acceptors (Lipinski definition) is 1. The number of urea groups is 1. The van der Waals surface area contributed by atoms with Crippen LogP contribution in [0.3, 0.4) is 0 Å². The number of anilines is 2. The monoisotopic (exact) mass is 463 g/mol. The lowest BCUT2D eigenvalue weighted by Gasteiger charge is -2.20. The smallest absolute Gasteiger partial charge is 0.321 e. The van der Waals surface area contributed by atoms with E-state index in [4.69, 9.17) is 46.4 Å². The zero-order chi connectivity index (χ0) is 20.5. The van der Waals surface area contributed by atoms with E-state index in [1.54, 1.807) is 36.4 Å². The van der Waals surface area contributed by atoms with E-state index >= 15 is 0 Å². The number of halogens is 4. The molecule has 0 aromatic heterocycles. The number of nitrogens with one attached hydrogen (secondary N) is 1. The van der Waals surface area contributed by atoms with Gasteiger partial charge in [-0.3, -0.25) is 0 Å². The van der Waals surface area contributed by atoms with Crippen LogP contribution in [0.15, 0.2) is 65.7 Å². The van der Waals surface area contributed by atoms with Gasteiger partial charge in [0.15, 0.2) is 0 Å². The van der Waals surface area contributed by atoms with Crippen LogP contribution in [0.5, 0.6) is 0 Å². The topological polar surface area (TPSA) is 44.7 Å². The first-order valence-electron chi connectivity index (χ1n) is 8.57. The summed E-state index contributed by atoms with van der Waals surface area (Å²) in [4.78, 5) is 18.8. The fourth-order valence-electron chi connectivity index (χ4n) is 3.12. The molecule has 0 radical (unpaired) electrons. The zero-order valence-corrected chi connectivity index (χ0v) is 17.8. The number of amides is 2. The molecule has 4 rings (SSSR count). The number of fused-ring (bicyclic) bond motifs is 1. The van der Waals surface area contributed by atoms with Crippen molar-refractivity contribution in [3.05, 3.63) is 91.9 Å². The number of aliphatic imine (C=N–C) groups is 1. The van der Waals surface area contributed by atoms with Crippen molar-refractivity contribution >= 4 is 69.6 Å². The molecule has 3 aromatic carbocycles. The summed E-state index contributed by atoms with van der Waals surface area (Å²) in [6.45, 7) is 0.547. The van der Waals surface area contributed by atoms with Crippen molar-refractivity contribution in [2.45, 2.75) is 6.54 Å². The third-order valence-corrected chi connectivity index (χ3v) is 5.56. The maximum absolute atomic E-state index is 12.6. The third kappa shape index (κ3) is 4.36. The van der Waals surface area contributed by atoms with E-state index in [0.29, 0.717) is 38.2 Å². The minimum absolute atomic E-state index is 0.346. The molecule has 0 saturated carbocycles. The van der Waals surface area contributed by atoms with Crippen LogP contribution in [-0.4, -0.2) is 11.9 Å². The maximum Gasteiger partial charge on any atom is 0.347 e. The summed E-state index contributed by atoms with van der Waals surface area (Å²) in [5, 5.41) is 4.47. The Morgan fingerprint density at radius 2 is 1.62 bits per heavy atom. The molecule has 0 spiro atoms. The quantitative estimate of drug-likeness (QED) is 0.432. The fourth-order valence-corrected chi connectivity index (χ4v) is 3.93. The molecule has 1 aliphatic rings. The van der Waals surface area contributed by atoms with Gasteiger partial charge in [-0.2, -0.15) is 4.99 Å². The third-order valence-electron chi connectivity index (χ3n) is 4.38. The maximum atomic E-state index is 12.6. The summed E-state index contributed by atoms with van der Waals surface area (Å²) in [7, 11) is 0. The van der Waals surface area contributed by atoms with Crippen LogP contribution in [0.4, 0.5) is 16.2 Å². The summed E-state index contributed by atoms with van der Waals surface area (Å²) in [6.07, 6.45) is 0. The van der Waals surface area contributed by atoms with E-state index in [1.807, 2.05) is 29.2 Å². The predicted octanol–water partition coefficient (Wildman–Crippen LogP) is 7.30. The molecular weight excluding hydrogens is 452 g/mol. The number of nitrogens with zero attached hydrogens (tertiary/aromatic N) is 2. The van der Waals surface area contributed by atoms with Crippen molar-refractivity contribution < 1.29 is 4.79 Å². The molecule has 4 nitrogen and oxygen atoms in total. The van der Waals surface area contributed by atoms with Crippen LogP contribution in [0.2, 0.25) is 20.1 Å². The van der Waals surface area contributed by atoms with Gasteiger partial charge in [0.05, 0.1) is 16.6 Å². The zero-order valence-electron chi connectivity index (χ0n) is 14.8. The van der Waals surface area contributed by atoms with Gasteiger partial charge in [0.2, 0.25) is 0 Å². The van der Waals surface area contributed by atoms with Crippen molar-refractivity contribution in [2.75, 3.05) is 10.2 Å². The Labute approximate surface area is 187 Å². The largest absolute Gasteiger partial charge is 0.347 e. The molecule has 146 valence electrons. The Kier molecular flexibility index (Phi) is 5.70. The second-order valence-electron chi connectivity index (χ2n) is 6.37. The molecule has 1 N–H and O–H groups in total. The molecular formula is C21H13Cl4N3O. The number of carbonyl (C=O) groups is 1. The highest BCUT2D eigenvalue weighted by Gasteiger charge is 2.27. The van der Waals surface area contributed by atoms with Gasteiger partial charge in [0, 0.05) is 27.0 Å². The van der Waals surface area contributed by atoms with Crippen LogP contribution in [-0.2, 0) is 6.54 Å². The number of carbonyl (C=O) groups excluding carboxylic acids is 1. The number of benzene rings is 3. The van der Waals surface area contributed by atoms with Gasteiger partial charge in [0.25, 0.3) is 0 Å². The number of amidine groups is 1. The van der Waals surface area contributed by atoms with Crippen LogP contribution in [0.25, 0.3) is 0 Å². The van der Waals surface area contributed by atoms with Crippen molar-refractivity contribution in [1.29, 1.82) is 0 Å². The first-order chi connectivity index (χ1) is 13.9. The summed E-state index contributed by atoms with van der Waals surface area (Å²) in [5.74, 6) is 0.511. The lowest BCUT2D eigenvalue weighted by atomic mass is 10.1. The van der Waals surface area contributed by atoms with E-state index in [2.05, 4.69) is 10.3 Å². The van der Waals surface area contributed by atoms with Crippen molar-refractivity contribution in [1.82, 2.24) is 0 Å². The van der Waals surface area contributed by atoms with Gasteiger partial charge in [-0.05, 0) is 42.0 Å². The molecule has 0 bridgehead atoms. The van der Waals surface area contributed by atoms with Crippen LogP contribution >= 0.6 is 46.4 Å². The predicted molar refractivity (Wildman–Crippen MR) is 121 cm³/mol. The number of hydrogen-bond donors (Lipinski definition) is 1. The van der Waals surface area contributed by atoms with Crippen molar-refractivity contribution in [2.24, 2.45) is 4.99 Å². The lowest BCUT2D eigenvalue weighted by molar-refractivity contribution is 0.259. The van der Waals surface area contributed by atoms with E-state index in [1.165, 1.54) is 0 Å². The molecule has 0 fully saturated rings. The van der Waals surface area contributed by atoms with E-state index in [-0.39, 0.29) is 0 Å². The first kappa shape index (κ1) is 20.0. The van der Waals surface area contributed by atoms with E-state index in [9.17, 15) is 4.79 Å². The molecule has 0 saturated heterocycles. The second kappa shape index (κ2) is 8.25. The van der Waals surface area contributed by atoms with Gasteiger partial charge in [0.1, 0.15) is 5.84 Å². The Balaban J connectivity index is 1.70. The molecule has 1 aliphatic heterocycles. The van der Waals surface area contributed by atoms with Crippen LogP contribution in [0, 0.1) is 0 Å². The van der Waals surface area contributed by atoms with Crippen molar-refractivity contribution in [3.63, 3.8) is 0 Å². The Morgan fingerprint density at radius 1 is 0.897 bits per heavy atom. The first-order valence-corrected chi connectivity index (χ1v) is 10.1. The van der Waals surface area contributed by atoms with Crippen LogP contribution in [0.1, 0.15) is 11.1 Å². The van der Waals surface area contributed by atoms with Crippen LogP contribution < -0.4 is 10.2 Å². The molecule has 8 heteroatoms. The highest BCUT2D eigenvalue weighted by molar-refractivity contribution is 6.42. The fraction of sp³-hybridized carbons (Fsp3) is 0.0476. The second-order valence-corrected chi connectivity index (χ2v) is 8.05. The molecule has 3 aromatic rings. The van der Waals surface area contributed by atoms with Gasteiger partial charge in [-0.25, -0.2) is 4.79 Å². The Bertz CT molecular complexity index is 1130. The van der Waals surface area contributed by atoms with Gasteiger partial charge in [-0.15, -0.1) is 0 Å². The number of rotatable bonds is 2. The molecule has 29 heavy (non-hydrogen) atoms. The van der Waals surface area contributed by atoms with Gasteiger partial charge in [-0.1, -0.05) is 70.7 Å².